The van der Waals surface area contributed by atoms with Gasteiger partial charge in [0.1, 0.15) is 0 Å². The number of aliphatic hydroxyl groups excluding tert-OH is 1. The monoisotopic (exact) mass is 308 g/mol. The molecular weight excluding hydrogens is 284 g/mol. The first-order chi connectivity index (χ1) is 9.44. The van der Waals surface area contributed by atoms with Crippen molar-refractivity contribution >= 4 is 16.2 Å². The largest absolute Gasteiger partial charge is 0.469 e. The second-order valence-corrected chi connectivity index (χ2v) is 6.64. The lowest BCUT2D eigenvalue weighted by Gasteiger charge is -2.31. The molecule has 1 unspecified atom stereocenters. The van der Waals surface area contributed by atoms with Crippen LogP contribution in [0.15, 0.2) is 0 Å². The van der Waals surface area contributed by atoms with Crippen molar-refractivity contribution in [2.24, 2.45) is 5.92 Å². The summed E-state index contributed by atoms with van der Waals surface area (Å²) in [5, 5.41) is 8.90. The number of aliphatic hydroxyl groups is 1. The van der Waals surface area contributed by atoms with Gasteiger partial charge in [0.2, 0.25) is 0 Å². The average Bonchev–Trinajstić information content (AvgIpc) is 2.45. The lowest BCUT2D eigenvalue weighted by atomic mass is 9.99. The maximum Gasteiger partial charge on any atom is 0.308 e. The Kier molecular flexibility index (Phi) is 6.87. The summed E-state index contributed by atoms with van der Waals surface area (Å²) in [5.74, 6) is -0.493. The zero-order valence-electron chi connectivity index (χ0n) is 12.0. The van der Waals surface area contributed by atoms with Crippen molar-refractivity contribution in [3.05, 3.63) is 0 Å². The molecule has 0 bridgehead atoms. The second-order valence-electron chi connectivity index (χ2n) is 4.94. The Hall–Kier alpha value is -0.700. The number of carbonyl (C=O) groups is 1. The van der Waals surface area contributed by atoms with Gasteiger partial charge in [-0.05, 0) is 25.7 Å². The first kappa shape index (κ1) is 17.4. The number of carbonyl (C=O) groups excluding carboxylic acids is 1. The average molecular weight is 308 g/mol. The van der Waals surface area contributed by atoms with Gasteiger partial charge in [-0.3, -0.25) is 4.79 Å². The molecule has 1 aliphatic heterocycles. The molecule has 1 aliphatic rings. The van der Waals surface area contributed by atoms with Gasteiger partial charge in [0, 0.05) is 25.7 Å². The van der Waals surface area contributed by atoms with Crippen LogP contribution in [0.1, 0.15) is 32.6 Å². The van der Waals surface area contributed by atoms with E-state index in [0.717, 1.165) is 0 Å². The number of ether oxygens (including phenoxy) is 1. The summed E-state index contributed by atoms with van der Waals surface area (Å²) in [6, 6.07) is -0.261. The van der Waals surface area contributed by atoms with E-state index in [9.17, 15) is 13.2 Å². The maximum absolute atomic E-state index is 12.2. The molecule has 118 valence electrons. The molecule has 1 atom stereocenters. The van der Waals surface area contributed by atoms with Crippen LogP contribution < -0.4 is 4.72 Å². The highest BCUT2D eigenvalue weighted by atomic mass is 32.2. The van der Waals surface area contributed by atoms with Crippen molar-refractivity contribution in [3.63, 3.8) is 0 Å². The molecule has 1 fully saturated rings. The summed E-state index contributed by atoms with van der Waals surface area (Å²) < 4.78 is 33.0. The molecule has 1 rings (SSSR count). The molecule has 0 saturated carbocycles. The predicted molar refractivity (Wildman–Crippen MR) is 74.2 cm³/mol. The number of piperidine rings is 1. The highest BCUT2D eigenvalue weighted by Crippen LogP contribution is 2.20. The summed E-state index contributed by atoms with van der Waals surface area (Å²) in [7, 11) is -2.21. The lowest BCUT2D eigenvalue weighted by Crippen LogP contribution is -2.49. The van der Waals surface area contributed by atoms with Gasteiger partial charge in [-0.25, -0.2) is 0 Å². The minimum absolute atomic E-state index is 0.0502. The van der Waals surface area contributed by atoms with E-state index in [1.165, 1.54) is 11.4 Å². The second kappa shape index (κ2) is 7.92. The Balaban J connectivity index is 2.56. The molecule has 1 saturated heterocycles. The normalized spacial score (nSPS) is 19.8. The van der Waals surface area contributed by atoms with Gasteiger partial charge in [0.25, 0.3) is 10.2 Å². The molecule has 0 aliphatic carbocycles. The van der Waals surface area contributed by atoms with E-state index in [2.05, 4.69) is 9.46 Å². The van der Waals surface area contributed by atoms with E-state index in [4.69, 9.17) is 5.11 Å². The molecule has 20 heavy (non-hydrogen) atoms. The molecule has 0 amide bonds. The number of nitrogens with zero attached hydrogens (tertiary/aromatic N) is 1. The van der Waals surface area contributed by atoms with Crippen molar-refractivity contribution in [2.75, 3.05) is 26.8 Å². The van der Waals surface area contributed by atoms with Gasteiger partial charge >= 0.3 is 5.97 Å². The molecule has 0 aromatic carbocycles. The number of nitrogens with one attached hydrogen (secondary N) is 1. The first-order valence-corrected chi connectivity index (χ1v) is 8.34. The summed E-state index contributed by atoms with van der Waals surface area (Å²) in [6.45, 7) is 2.44. The highest BCUT2D eigenvalue weighted by Gasteiger charge is 2.32. The molecule has 2 N–H and O–H groups in total. The van der Waals surface area contributed by atoms with Gasteiger partial charge in [0.05, 0.1) is 13.0 Å². The van der Waals surface area contributed by atoms with Crippen molar-refractivity contribution < 1.29 is 23.1 Å². The van der Waals surface area contributed by atoms with Gasteiger partial charge < -0.3 is 9.84 Å². The minimum Gasteiger partial charge on any atom is -0.469 e. The fourth-order valence-electron chi connectivity index (χ4n) is 2.29. The quantitative estimate of drug-likeness (QED) is 0.639. The number of methoxy groups -OCH3 is 1. The molecule has 0 aromatic rings. The van der Waals surface area contributed by atoms with Crippen LogP contribution in [-0.4, -0.2) is 56.6 Å². The van der Waals surface area contributed by atoms with Crippen LogP contribution in [0.3, 0.4) is 0 Å². The third-order valence-corrected chi connectivity index (χ3v) is 5.29. The number of hydrogen-bond donors (Lipinski definition) is 2. The lowest BCUT2D eigenvalue weighted by molar-refractivity contribution is -0.146. The molecule has 8 heteroatoms. The number of rotatable bonds is 7. The fourth-order valence-corrected chi connectivity index (χ4v) is 3.83. The van der Waals surface area contributed by atoms with E-state index in [0.29, 0.717) is 38.8 Å². The van der Waals surface area contributed by atoms with Crippen LogP contribution in [0, 0.1) is 5.92 Å². The molecule has 1 heterocycles. The van der Waals surface area contributed by atoms with E-state index < -0.39 is 10.2 Å². The van der Waals surface area contributed by atoms with Crippen molar-refractivity contribution in [2.45, 2.75) is 38.6 Å². The van der Waals surface area contributed by atoms with E-state index in [1.54, 1.807) is 0 Å². The molecule has 0 radical (unpaired) electrons. The number of esters is 1. The van der Waals surface area contributed by atoms with Crippen molar-refractivity contribution in [3.8, 4) is 0 Å². The zero-order valence-corrected chi connectivity index (χ0v) is 12.9. The topological polar surface area (TPSA) is 95.9 Å². The Morgan fingerprint density at radius 2 is 2.05 bits per heavy atom. The Labute approximate surface area is 120 Å². The van der Waals surface area contributed by atoms with Gasteiger partial charge in [-0.15, -0.1) is 0 Å². The standard InChI is InChI=1S/C12H24N2O5S/c1-3-11(6-9-15)13-20(17,18)14-7-4-10(5-8-14)12(16)19-2/h10-11,13,15H,3-9H2,1-2H3. The van der Waals surface area contributed by atoms with Crippen molar-refractivity contribution in [1.82, 2.24) is 9.03 Å². The third kappa shape index (κ3) is 4.69. The van der Waals surface area contributed by atoms with Crippen molar-refractivity contribution in [1.29, 1.82) is 0 Å². The first-order valence-electron chi connectivity index (χ1n) is 6.90. The van der Waals surface area contributed by atoms with Gasteiger partial charge in [-0.1, -0.05) is 6.92 Å². The molecule has 7 nitrogen and oxygen atoms in total. The van der Waals surface area contributed by atoms with Crippen LogP contribution in [0.5, 0.6) is 0 Å². The van der Waals surface area contributed by atoms with E-state index in [-0.39, 0.29) is 24.5 Å². The fraction of sp³-hybridized carbons (Fsp3) is 0.917. The van der Waals surface area contributed by atoms with Gasteiger partial charge in [0.15, 0.2) is 0 Å². The molecule has 0 aromatic heterocycles. The molecular formula is C12H24N2O5S. The SMILES string of the molecule is CCC(CCO)NS(=O)(=O)N1CCC(C(=O)OC)CC1. The smallest absolute Gasteiger partial charge is 0.308 e. The van der Waals surface area contributed by atoms with Crippen LogP contribution in [0.2, 0.25) is 0 Å². The Morgan fingerprint density at radius 3 is 2.50 bits per heavy atom. The number of hydrogen-bond acceptors (Lipinski definition) is 5. The van der Waals surface area contributed by atoms with Crippen LogP contribution >= 0.6 is 0 Å². The van der Waals surface area contributed by atoms with Crippen LogP contribution in [-0.2, 0) is 19.7 Å². The van der Waals surface area contributed by atoms with Crippen LogP contribution in [0.25, 0.3) is 0 Å². The van der Waals surface area contributed by atoms with Crippen LogP contribution in [0.4, 0.5) is 0 Å². The predicted octanol–water partition coefficient (Wildman–Crippen LogP) is -0.133. The zero-order chi connectivity index (χ0) is 15.2. The Bertz CT molecular complexity index is 404. The maximum atomic E-state index is 12.2. The minimum atomic E-state index is -3.55. The van der Waals surface area contributed by atoms with E-state index >= 15 is 0 Å². The summed E-state index contributed by atoms with van der Waals surface area (Å²) in [5.41, 5.74) is 0. The third-order valence-electron chi connectivity index (χ3n) is 3.61. The Morgan fingerprint density at radius 1 is 1.45 bits per heavy atom. The van der Waals surface area contributed by atoms with E-state index in [1.807, 2.05) is 6.92 Å². The summed E-state index contributed by atoms with van der Waals surface area (Å²) in [6.07, 6.45) is 1.97. The highest BCUT2D eigenvalue weighted by molar-refractivity contribution is 7.87. The molecule has 0 spiro atoms. The summed E-state index contributed by atoms with van der Waals surface area (Å²) in [4.78, 5) is 11.4. The van der Waals surface area contributed by atoms with Gasteiger partial charge in [-0.2, -0.15) is 17.4 Å². The summed E-state index contributed by atoms with van der Waals surface area (Å²) >= 11 is 0.